The van der Waals surface area contributed by atoms with Crippen LogP contribution in [0, 0.1) is 0 Å². The quantitative estimate of drug-likeness (QED) is 0.245. The maximum Gasteiger partial charge on any atom is 0.263 e. The Hall–Kier alpha value is -3.62. The van der Waals surface area contributed by atoms with Crippen molar-refractivity contribution in [2.75, 3.05) is 44.9 Å². The molecule has 2 N–H and O–H groups in total. The molecule has 1 aliphatic heterocycles. The Labute approximate surface area is 245 Å². The normalized spacial score (nSPS) is 15.6. The van der Waals surface area contributed by atoms with E-state index in [0.29, 0.717) is 42.7 Å². The van der Waals surface area contributed by atoms with Crippen LogP contribution >= 0.6 is 23.3 Å². The molecule has 1 atom stereocenters. The molecular formula is C28H31N9O2S2. The summed E-state index contributed by atoms with van der Waals surface area (Å²) in [4.78, 5) is 33.2. The molecule has 0 amide bonds. The zero-order valence-corrected chi connectivity index (χ0v) is 24.7. The lowest BCUT2D eigenvalue weighted by molar-refractivity contribution is 0.0277. The molecule has 212 valence electrons. The fourth-order valence-electron chi connectivity index (χ4n) is 4.79. The van der Waals surface area contributed by atoms with E-state index in [1.165, 1.54) is 11.3 Å². The zero-order chi connectivity index (χ0) is 28.3. The highest BCUT2D eigenvalue weighted by Crippen LogP contribution is 2.27. The molecule has 0 aliphatic carbocycles. The molecule has 1 aliphatic rings. The van der Waals surface area contributed by atoms with Crippen LogP contribution in [-0.2, 0) is 18.3 Å². The number of pyridine rings is 1. The number of hydrogen-bond acceptors (Lipinski definition) is 11. The SMILES string of the molecule is CSN(C)CCn1c(=O)c(-c2nc(-c3cncs3)cn2C)cc2cnc(Nc3ccc(C4CNCCO4)cc3)nc21. The smallest absolute Gasteiger partial charge is 0.263 e. The first-order valence-electron chi connectivity index (χ1n) is 13.3. The van der Waals surface area contributed by atoms with Crippen LogP contribution in [-0.4, -0.2) is 72.9 Å². The van der Waals surface area contributed by atoms with Gasteiger partial charge in [0.05, 0.1) is 28.7 Å². The van der Waals surface area contributed by atoms with Crippen LogP contribution in [0.15, 0.2) is 59.2 Å². The molecule has 5 aromatic rings. The molecule has 1 fully saturated rings. The van der Waals surface area contributed by atoms with Crippen molar-refractivity contribution in [3.8, 4) is 22.0 Å². The zero-order valence-electron chi connectivity index (χ0n) is 23.1. The van der Waals surface area contributed by atoms with Crippen LogP contribution < -0.4 is 16.2 Å². The number of anilines is 2. The average Bonchev–Trinajstić information content (AvgIpc) is 3.67. The van der Waals surface area contributed by atoms with Gasteiger partial charge in [-0.1, -0.05) is 24.1 Å². The Morgan fingerprint density at radius 3 is 2.83 bits per heavy atom. The van der Waals surface area contributed by atoms with Gasteiger partial charge in [0.25, 0.3) is 5.56 Å². The third-order valence-corrected chi connectivity index (χ3v) is 8.65. The third kappa shape index (κ3) is 5.90. The number of nitrogens with one attached hydrogen (secondary N) is 2. The molecule has 0 spiro atoms. The molecule has 0 bridgehead atoms. The third-order valence-electron chi connectivity index (χ3n) is 7.05. The predicted molar refractivity (Wildman–Crippen MR) is 165 cm³/mol. The van der Waals surface area contributed by atoms with Gasteiger partial charge in [-0.15, -0.1) is 11.3 Å². The summed E-state index contributed by atoms with van der Waals surface area (Å²) >= 11 is 3.13. The molecule has 6 rings (SSSR count). The summed E-state index contributed by atoms with van der Waals surface area (Å²) in [5, 5.41) is 7.41. The van der Waals surface area contributed by atoms with Gasteiger partial charge in [-0.05, 0) is 37.1 Å². The second kappa shape index (κ2) is 12.1. The minimum absolute atomic E-state index is 0.0505. The summed E-state index contributed by atoms with van der Waals surface area (Å²) in [5.74, 6) is 1.01. The fourth-order valence-corrected chi connectivity index (χ4v) is 5.63. The molecule has 1 saturated heterocycles. The summed E-state index contributed by atoms with van der Waals surface area (Å²) in [6.07, 6.45) is 7.52. The number of morpholine rings is 1. The summed E-state index contributed by atoms with van der Waals surface area (Å²) in [6, 6.07) is 9.92. The Morgan fingerprint density at radius 1 is 1.24 bits per heavy atom. The topological polar surface area (TPSA) is 115 Å². The van der Waals surface area contributed by atoms with Crippen LogP contribution in [0.5, 0.6) is 0 Å². The summed E-state index contributed by atoms with van der Waals surface area (Å²) < 4.78 is 11.5. The van der Waals surface area contributed by atoms with Crippen molar-refractivity contribution in [1.29, 1.82) is 0 Å². The van der Waals surface area contributed by atoms with Crippen molar-refractivity contribution in [2.24, 2.45) is 7.05 Å². The minimum atomic E-state index is -0.147. The maximum atomic E-state index is 14.0. The van der Waals surface area contributed by atoms with E-state index >= 15 is 0 Å². The number of benzene rings is 1. The standard InChI is InChI=1S/C28H31N9O2S2/c1-35-16-22(24-15-30-17-41-24)33-26(35)21-12-19-13-31-28(34-25(19)37(27(21)38)10-9-36(2)40-3)32-20-6-4-18(5-7-20)23-14-29-8-11-39-23/h4-7,12-13,15-17,23,29H,8-11,14H2,1-3H3,(H,31,32,34). The molecule has 13 heteroatoms. The highest BCUT2D eigenvalue weighted by molar-refractivity contribution is 7.96. The molecule has 0 saturated carbocycles. The van der Waals surface area contributed by atoms with Crippen molar-refractivity contribution in [3.05, 3.63) is 70.4 Å². The van der Waals surface area contributed by atoms with Crippen molar-refractivity contribution in [2.45, 2.75) is 12.6 Å². The number of likely N-dealkylation sites (N-methyl/N-ethyl adjacent to an activating group) is 1. The molecular weight excluding hydrogens is 559 g/mol. The first-order valence-corrected chi connectivity index (χ1v) is 15.3. The Kier molecular flexibility index (Phi) is 8.12. The molecule has 4 aromatic heterocycles. The van der Waals surface area contributed by atoms with Crippen LogP contribution in [0.1, 0.15) is 11.7 Å². The lowest BCUT2D eigenvalue weighted by Crippen LogP contribution is -2.33. The molecule has 1 aromatic carbocycles. The van der Waals surface area contributed by atoms with Crippen molar-refractivity contribution in [1.82, 2.24) is 38.7 Å². The van der Waals surface area contributed by atoms with Gasteiger partial charge in [0.1, 0.15) is 17.2 Å². The van der Waals surface area contributed by atoms with Gasteiger partial charge >= 0.3 is 0 Å². The number of aromatic nitrogens is 6. The van der Waals surface area contributed by atoms with E-state index in [4.69, 9.17) is 14.7 Å². The van der Waals surface area contributed by atoms with Crippen LogP contribution in [0.3, 0.4) is 0 Å². The second-order valence-electron chi connectivity index (χ2n) is 9.76. The first-order chi connectivity index (χ1) is 20.0. The summed E-state index contributed by atoms with van der Waals surface area (Å²) in [7, 11) is 3.90. The van der Waals surface area contributed by atoms with E-state index in [9.17, 15) is 4.79 Å². The Bertz CT molecular complexity index is 1690. The van der Waals surface area contributed by atoms with E-state index in [1.54, 1.807) is 34.4 Å². The summed E-state index contributed by atoms with van der Waals surface area (Å²) in [6.45, 7) is 3.52. The van der Waals surface area contributed by atoms with Gasteiger partial charge in [-0.2, -0.15) is 4.98 Å². The molecule has 41 heavy (non-hydrogen) atoms. The number of ether oxygens (including phenoxy) is 1. The van der Waals surface area contributed by atoms with Gasteiger partial charge in [0.15, 0.2) is 0 Å². The maximum absolute atomic E-state index is 14.0. The van der Waals surface area contributed by atoms with E-state index in [-0.39, 0.29) is 11.7 Å². The van der Waals surface area contributed by atoms with Crippen LogP contribution in [0.25, 0.3) is 33.0 Å². The predicted octanol–water partition coefficient (Wildman–Crippen LogP) is 3.93. The van der Waals surface area contributed by atoms with Gasteiger partial charge < -0.3 is 19.9 Å². The van der Waals surface area contributed by atoms with Gasteiger partial charge in [-0.3, -0.25) is 18.7 Å². The van der Waals surface area contributed by atoms with Crippen molar-refractivity contribution < 1.29 is 4.74 Å². The number of rotatable bonds is 9. The minimum Gasteiger partial charge on any atom is -0.371 e. The van der Waals surface area contributed by atoms with Crippen LogP contribution in [0.2, 0.25) is 0 Å². The molecule has 1 unspecified atom stereocenters. The van der Waals surface area contributed by atoms with E-state index in [1.807, 2.05) is 49.3 Å². The number of aryl methyl sites for hydroxylation is 1. The number of thiazole rings is 1. The molecule has 0 radical (unpaired) electrons. The lowest BCUT2D eigenvalue weighted by atomic mass is 10.1. The van der Waals surface area contributed by atoms with Crippen LogP contribution in [0.4, 0.5) is 11.6 Å². The first kappa shape index (κ1) is 27.5. The van der Waals surface area contributed by atoms with E-state index in [2.05, 4.69) is 37.0 Å². The highest BCUT2D eigenvalue weighted by atomic mass is 32.2. The second-order valence-corrected chi connectivity index (χ2v) is 11.6. The lowest BCUT2D eigenvalue weighted by Gasteiger charge is -2.24. The number of fused-ring (bicyclic) bond motifs is 1. The monoisotopic (exact) mass is 589 g/mol. The van der Waals surface area contributed by atoms with E-state index in [0.717, 1.165) is 40.3 Å². The van der Waals surface area contributed by atoms with Crippen molar-refractivity contribution in [3.63, 3.8) is 0 Å². The number of hydrogen-bond donors (Lipinski definition) is 2. The highest BCUT2D eigenvalue weighted by Gasteiger charge is 2.19. The average molecular weight is 590 g/mol. The largest absolute Gasteiger partial charge is 0.371 e. The molecule has 11 nitrogen and oxygen atoms in total. The van der Waals surface area contributed by atoms with Gasteiger partial charge in [-0.25, -0.2) is 9.97 Å². The fraction of sp³-hybridized carbons (Fsp3) is 0.321. The summed E-state index contributed by atoms with van der Waals surface area (Å²) in [5.41, 5.74) is 5.46. The molecule has 5 heterocycles. The van der Waals surface area contributed by atoms with Gasteiger partial charge in [0.2, 0.25) is 5.95 Å². The Balaban J connectivity index is 1.35. The Morgan fingerprint density at radius 2 is 2.10 bits per heavy atom. The van der Waals surface area contributed by atoms with Gasteiger partial charge in [0, 0.05) is 62.9 Å². The van der Waals surface area contributed by atoms with Crippen molar-refractivity contribution >= 4 is 46.0 Å². The van der Waals surface area contributed by atoms with E-state index < -0.39 is 0 Å². The number of imidazole rings is 1. The number of nitrogens with zero attached hydrogens (tertiary/aromatic N) is 7.